The summed E-state index contributed by atoms with van der Waals surface area (Å²) in [5, 5.41) is 30.1. The number of sulfonamides is 2. The summed E-state index contributed by atoms with van der Waals surface area (Å²) in [6.45, 7) is 3.70. The second kappa shape index (κ2) is 26.4. The lowest BCUT2D eigenvalue weighted by molar-refractivity contribution is 0.309. The van der Waals surface area contributed by atoms with E-state index in [0.29, 0.717) is 23.5 Å². The number of benzene rings is 2. The molecule has 6 aromatic rings. The van der Waals surface area contributed by atoms with Crippen LogP contribution in [0.5, 0.6) is 0 Å². The van der Waals surface area contributed by atoms with Gasteiger partial charge in [0.1, 0.15) is 0 Å². The summed E-state index contributed by atoms with van der Waals surface area (Å²) in [7, 11) is -4.25. The zero-order valence-electron chi connectivity index (χ0n) is 41.2. The van der Waals surface area contributed by atoms with E-state index in [9.17, 15) is 16.8 Å². The van der Waals surface area contributed by atoms with E-state index in [2.05, 4.69) is 77.3 Å². The minimum atomic E-state index is -3.57. The smallest absolute Gasteiger partial charge is 0.240 e. The lowest BCUT2D eigenvalue weighted by atomic mass is 9.84. The van der Waals surface area contributed by atoms with Crippen molar-refractivity contribution in [1.82, 2.24) is 65.1 Å². The van der Waals surface area contributed by atoms with Crippen molar-refractivity contribution in [2.45, 2.75) is 125 Å². The molecule has 10 rings (SSSR count). The zero-order chi connectivity index (χ0) is 49.6. The third-order valence-electron chi connectivity index (χ3n) is 14.2. The van der Waals surface area contributed by atoms with E-state index < -0.39 is 20.0 Å². The summed E-state index contributed by atoms with van der Waals surface area (Å²) < 4.78 is 55.6. The highest BCUT2D eigenvalue weighted by molar-refractivity contribution is 9.10. The Bertz CT molecular complexity index is 2830. The molecule has 3 N–H and O–H groups in total. The van der Waals surface area contributed by atoms with Crippen LogP contribution in [-0.2, 0) is 32.9 Å². The molecule has 0 bridgehead atoms. The number of halogens is 2. The number of nitrogens with zero attached hydrogens (tertiary/aromatic N) is 11. The lowest BCUT2D eigenvalue weighted by Crippen LogP contribution is -2.35. The van der Waals surface area contributed by atoms with Gasteiger partial charge in [-0.05, 0) is 164 Å². The molecule has 2 saturated heterocycles. The van der Waals surface area contributed by atoms with Gasteiger partial charge in [-0.2, -0.15) is 9.59 Å². The maximum Gasteiger partial charge on any atom is 0.240 e. The molecule has 2 saturated carbocycles. The first-order valence-electron chi connectivity index (χ1n) is 25.1. The first-order chi connectivity index (χ1) is 34.5. The Balaban J connectivity index is 0.000000186. The van der Waals surface area contributed by atoms with E-state index in [-0.39, 0.29) is 34.3 Å². The normalized spacial score (nSPS) is 17.5. The van der Waals surface area contributed by atoms with Crippen LogP contribution in [0.4, 0.5) is 5.69 Å². The van der Waals surface area contributed by atoms with Crippen LogP contribution in [0.1, 0.15) is 113 Å². The van der Waals surface area contributed by atoms with Gasteiger partial charge in [0.15, 0.2) is 0 Å². The molecule has 2 aliphatic carbocycles. The molecule has 18 nitrogen and oxygen atoms in total. The van der Waals surface area contributed by atoms with Crippen LogP contribution in [0.15, 0.2) is 99.7 Å². The van der Waals surface area contributed by atoms with Crippen LogP contribution in [0.3, 0.4) is 0 Å². The number of nitrogens with one attached hydrogen (secondary N) is 3. The summed E-state index contributed by atoms with van der Waals surface area (Å²) in [4.78, 5) is 14.3. The summed E-state index contributed by atoms with van der Waals surface area (Å²) in [6.07, 6.45) is 25.3. The Hall–Kier alpha value is -4.77. The van der Waals surface area contributed by atoms with Gasteiger partial charge in [-0.15, -0.1) is 32.8 Å². The molecule has 4 aromatic heterocycles. The van der Waals surface area contributed by atoms with E-state index in [1.54, 1.807) is 52.4 Å². The van der Waals surface area contributed by atoms with Crippen molar-refractivity contribution in [3.8, 4) is 22.8 Å². The number of aromatic nitrogens is 10. The van der Waals surface area contributed by atoms with E-state index in [1.165, 1.54) is 78.3 Å². The van der Waals surface area contributed by atoms with Gasteiger partial charge < -0.3 is 10.2 Å². The molecular formula is C50H68BrClN14O4S2. The first-order valence-corrected chi connectivity index (χ1v) is 28.9. The molecule has 2 aliphatic heterocycles. The van der Waals surface area contributed by atoms with E-state index in [4.69, 9.17) is 5.10 Å². The Labute approximate surface area is 439 Å². The number of anilines is 1. The van der Waals surface area contributed by atoms with Crippen LogP contribution in [0.25, 0.3) is 22.8 Å². The molecule has 0 amide bonds. The van der Waals surface area contributed by atoms with Gasteiger partial charge in [-0.3, -0.25) is 9.97 Å². The fraction of sp³-hybridized carbons (Fsp3) is 0.520. The van der Waals surface area contributed by atoms with E-state index in [0.717, 1.165) is 97.1 Å². The molecule has 2 aromatic carbocycles. The molecule has 388 valence electrons. The summed E-state index contributed by atoms with van der Waals surface area (Å²) >= 11 is 3.25. The summed E-state index contributed by atoms with van der Waals surface area (Å²) in [5.74, 6) is 2.26. The number of tetrazole rings is 2. The Morgan fingerprint density at radius 1 is 0.611 bits per heavy atom. The molecular weight excluding hydrogens is 1040 g/mol. The molecule has 0 radical (unpaired) electrons. The highest BCUT2D eigenvalue weighted by Gasteiger charge is 2.27. The summed E-state index contributed by atoms with van der Waals surface area (Å²) in [6, 6.07) is 18.9. The Morgan fingerprint density at radius 3 is 1.50 bits per heavy atom. The van der Waals surface area contributed by atoms with Gasteiger partial charge >= 0.3 is 0 Å². The molecule has 22 heteroatoms. The van der Waals surface area contributed by atoms with Crippen molar-refractivity contribution >= 4 is 54.1 Å². The number of hydrogen-bond donors (Lipinski definition) is 3. The largest absolute Gasteiger partial charge is 0.370 e. The van der Waals surface area contributed by atoms with Crippen molar-refractivity contribution in [2.75, 3.05) is 45.2 Å². The second-order valence-electron chi connectivity index (χ2n) is 18.9. The van der Waals surface area contributed by atoms with Gasteiger partial charge in [0, 0.05) is 47.3 Å². The fourth-order valence-corrected chi connectivity index (χ4v) is 11.9. The molecule has 4 aliphatic rings. The Kier molecular flexibility index (Phi) is 20.2. The number of rotatable bonds is 13. The maximum absolute atomic E-state index is 12.5. The van der Waals surface area contributed by atoms with E-state index in [1.807, 2.05) is 36.5 Å². The zero-order valence-corrected chi connectivity index (χ0v) is 45.2. The highest BCUT2D eigenvalue weighted by atomic mass is 79.9. The number of piperidine rings is 2. The minimum absolute atomic E-state index is 0. The average molecular weight is 1110 g/mol. The number of pyridine rings is 2. The van der Waals surface area contributed by atoms with Gasteiger partial charge in [-0.25, -0.2) is 26.3 Å². The first kappa shape index (κ1) is 55.0. The van der Waals surface area contributed by atoms with Crippen molar-refractivity contribution in [3.05, 3.63) is 101 Å². The third-order valence-corrected chi connectivity index (χ3v) is 17.5. The maximum atomic E-state index is 12.5. The van der Waals surface area contributed by atoms with Crippen molar-refractivity contribution < 1.29 is 16.8 Å². The van der Waals surface area contributed by atoms with Crippen LogP contribution in [0.2, 0.25) is 0 Å². The molecule has 6 heterocycles. The molecule has 0 spiro atoms. The molecule has 72 heavy (non-hydrogen) atoms. The van der Waals surface area contributed by atoms with Crippen molar-refractivity contribution in [2.24, 2.45) is 11.8 Å². The Morgan fingerprint density at radius 2 is 1.08 bits per heavy atom. The van der Waals surface area contributed by atoms with Crippen LogP contribution >= 0.6 is 28.3 Å². The highest BCUT2D eigenvalue weighted by Crippen LogP contribution is 2.34. The van der Waals surface area contributed by atoms with Gasteiger partial charge in [0.25, 0.3) is 0 Å². The quantitative estimate of drug-likeness (QED) is 0.0994. The van der Waals surface area contributed by atoms with Crippen molar-refractivity contribution in [1.29, 1.82) is 0 Å². The third kappa shape index (κ3) is 14.7. The van der Waals surface area contributed by atoms with Gasteiger partial charge in [-0.1, -0.05) is 76.3 Å². The topological polar surface area (TPSA) is 221 Å². The lowest BCUT2D eigenvalue weighted by Gasteiger charge is -2.32. The van der Waals surface area contributed by atoms with Crippen LogP contribution in [-0.4, -0.2) is 107 Å². The summed E-state index contributed by atoms with van der Waals surface area (Å²) in [5.41, 5.74) is 4.89. The van der Waals surface area contributed by atoms with Crippen molar-refractivity contribution in [3.63, 3.8) is 0 Å². The SMILES string of the molecule is Brc1cccnc1.CNS(=O)(=O)c1ccc(CC2CCCCC2)c(-c2nnn(C3CCN(c4cccnc4)CC3)n2)c1.CNS(=O)(=O)c1ccc(CC2CCCCC2)c(-c2nnn(C3CCNCC3)n2)c1.Cl. The standard InChI is InChI=1S/C25H33N7O2S.C20H30N6O2S.C5H4BrN.ClH/c1-26-35(33,34)23-10-9-20(16-19-6-3-2-4-7-19)24(17-23)25-28-30-32(29-25)21-11-14-31(15-12-21)22-8-5-13-27-18-22;1-21-29(27,28)18-8-7-16(13-15-5-3-2-4-6-15)19(14-18)20-23-25-26(24-20)17-9-11-22-12-10-17;6-5-2-1-3-7-4-5;/h5,8-10,13,17-19,21,26H,2-4,6-7,11-12,14-16H2,1H3;7-8,14-15,17,21-22H,2-6,9-13H2,1H3;1-4H;1H. The van der Waals surface area contributed by atoms with Gasteiger partial charge in [0.2, 0.25) is 31.7 Å². The fourth-order valence-electron chi connectivity index (χ4n) is 10.1. The molecule has 0 unspecified atom stereocenters. The van der Waals surface area contributed by atoms with E-state index >= 15 is 0 Å². The molecule has 4 fully saturated rings. The average Bonchev–Trinajstić information content (AvgIpc) is 4.13. The van der Waals surface area contributed by atoms with Crippen LogP contribution in [0, 0.1) is 11.8 Å². The second-order valence-corrected chi connectivity index (χ2v) is 23.6. The predicted octanol–water partition coefficient (Wildman–Crippen LogP) is 8.17. The minimum Gasteiger partial charge on any atom is -0.370 e. The predicted molar refractivity (Wildman–Crippen MR) is 285 cm³/mol. The van der Waals surface area contributed by atoms with Crippen LogP contribution < -0.4 is 19.7 Å². The molecule has 0 atom stereocenters. The van der Waals surface area contributed by atoms with Gasteiger partial charge in [0.05, 0.1) is 33.8 Å². The monoisotopic (exact) mass is 1110 g/mol. The number of hydrogen-bond acceptors (Lipinski definition) is 14.